The molecule has 1 heterocycles. The molecule has 0 unspecified atom stereocenters. The van der Waals surface area contributed by atoms with Crippen LogP contribution in [0.25, 0.3) is 0 Å². The Morgan fingerprint density at radius 2 is 2.27 bits per heavy atom. The number of pyridine rings is 1. The standard InChI is InChI=1S/C6H5ClN2O.ClH/c7-6(9-10)5-3-1-2-4-8-5;/h1-4,10H;1H/b9-6-;. The van der Waals surface area contributed by atoms with Crippen molar-refractivity contribution < 1.29 is 22.6 Å². The van der Waals surface area contributed by atoms with E-state index in [0.717, 1.165) is 0 Å². The van der Waals surface area contributed by atoms with Crippen LogP contribution in [0.2, 0.25) is 0 Å². The first kappa shape index (κ1) is 10.2. The lowest BCUT2D eigenvalue weighted by Gasteiger charge is -1.84. The Morgan fingerprint density at radius 3 is 2.73 bits per heavy atom. The van der Waals surface area contributed by atoms with Crippen LogP contribution in [0.15, 0.2) is 29.6 Å². The molecule has 0 atom stereocenters. The Bertz CT molecular complexity index is 238. The van der Waals surface area contributed by atoms with Crippen molar-refractivity contribution in [3.63, 3.8) is 0 Å². The van der Waals surface area contributed by atoms with Gasteiger partial charge in [0, 0.05) is 12.1 Å². The first-order chi connectivity index (χ1) is 4.84. The summed E-state index contributed by atoms with van der Waals surface area (Å²) in [7, 11) is 0. The largest absolute Gasteiger partial charge is 1.00 e. The van der Waals surface area contributed by atoms with Gasteiger partial charge in [-0.15, -0.1) is 0 Å². The summed E-state index contributed by atoms with van der Waals surface area (Å²) in [6.45, 7) is 0. The van der Waals surface area contributed by atoms with Crippen LogP contribution >= 0.6 is 11.6 Å². The van der Waals surface area contributed by atoms with E-state index < -0.39 is 0 Å². The number of H-pyrrole nitrogens is 1. The van der Waals surface area contributed by atoms with E-state index in [4.69, 9.17) is 16.8 Å². The number of halogens is 2. The number of aromatic nitrogens is 1. The third-order valence-corrected chi connectivity index (χ3v) is 1.30. The van der Waals surface area contributed by atoms with Crippen LogP contribution in [0.5, 0.6) is 0 Å². The second-order valence-corrected chi connectivity index (χ2v) is 2.03. The fraction of sp³-hybridized carbons (Fsp3) is 0. The Balaban J connectivity index is 0.000001000. The number of hydrogen-bond acceptors (Lipinski definition) is 2. The zero-order valence-corrected chi connectivity index (χ0v) is 6.97. The molecule has 5 heteroatoms. The Kier molecular flexibility index (Phi) is 4.57. The summed E-state index contributed by atoms with van der Waals surface area (Å²) in [4.78, 5) is 2.80. The van der Waals surface area contributed by atoms with Gasteiger partial charge < -0.3 is 17.6 Å². The lowest BCUT2D eigenvalue weighted by Crippen LogP contribution is -3.00. The van der Waals surface area contributed by atoms with E-state index in [9.17, 15) is 0 Å². The molecule has 0 saturated heterocycles. The summed E-state index contributed by atoms with van der Waals surface area (Å²) in [6.07, 6.45) is 1.70. The highest BCUT2D eigenvalue weighted by Crippen LogP contribution is 1.95. The van der Waals surface area contributed by atoms with Gasteiger partial charge in [-0.25, -0.2) is 4.98 Å². The fourth-order valence-electron chi connectivity index (χ4n) is 0.576. The molecular weight excluding hydrogens is 187 g/mol. The third-order valence-electron chi connectivity index (χ3n) is 1.02. The highest BCUT2D eigenvalue weighted by Gasteiger charge is 2.04. The van der Waals surface area contributed by atoms with E-state index >= 15 is 0 Å². The van der Waals surface area contributed by atoms with Gasteiger partial charge in [-0.3, -0.25) is 0 Å². The number of nitrogens with zero attached hydrogens (tertiary/aromatic N) is 1. The van der Waals surface area contributed by atoms with Gasteiger partial charge >= 0.3 is 0 Å². The zero-order chi connectivity index (χ0) is 7.40. The molecule has 0 aliphatic heterocycles. The van der Waals surface area contributed by atoms with E-state index in [2.05, 4.69) is 10.1 Å². The quantitative estimate of drug-likeness (QED) is 0.309. The number of hydrogen-bond donors (Lipinski definition) is 1. The summed E-state index contributed by atoms with van der Waals surface area (Å²) in [5.74, 6) is 0. The number of nitrogens with one attached hydrogen (secondary N) is 1. The van der Waals surface area contributed by atoms with Crippen LogP contribution in [0.3, 0.4) is 0 Å². The molecular formula is C6H6Cl2N2O. The third kappa shape index (κ3) is 2.74. The summed E-state index contributed by atoms with van der Waals surface area (Å²) < 4.78 is 0. The highest BCUT2D eigenvalue weighted by molar-refractivity contribution is 6.68. The molecule has 0 aromatic carbocycles. The second kappa shape index (κ2) is 4.93. The minimum atomic E-state index is 0. The maximum atomic E-state index is 8.22. The molecule has 60 valence electrons. The second-order valence-electron chi connectivity index (χ2n) is 1.67. The predicted molar refractivity (Wildman–Crippen MR) is 37.2 cm³/mol. The van der Waals surface area contributed by atoms with Crippen LogP contribution in [-0.2, 0) is 0 Å². The van der Waals surface area contributed by atoms with Gasteiger partial charge in [0.05, 0.1) is 0 Å². The van der Waals surface area contributed by atoms with E-state index in [1.165, 1.54) is 0 Å². The van der Waals surface area contributed by atoms with Crippen molar-refractivity contribution in [2.75, 3.05) is 0 Å². The minimum Gasteiger partial charge on any atom is -1.00 e. The van der Waals surface area contributed by atoms with E-state index in [1.807, 2.05) is 6.07 Å². The SMILES string of the molecule is O/N=C(\Cl)c1cccc[nH+]1.[Cl-]. The summed E-state index contributed by atoms with van der Waals surface area (Å²) in [6, 6.07) is 5.31. The van der Waals surface area contributed by atoms with Gasteiger partial charge in [-0.05, 0) is 6.07 Å². The topological polar surface area (TPSA) is 46.7 Å². The lowest BCUT2D eigenvalue weighted by atomic mass is 10.4. The Morgan fingerprint density at radius 1 is 1.55 bits per heavy atom. The van der Waals surface area contributed by atoms with Gasteiger partial charge in [0.2, 0.25) is 10.9 Å². The smallest absolute Gasteiger partial charge is 0.244 e. The Hall–Kier alpha value is -0.800. The van der Waals surface area contributed by atoms with Crippen molar-refractivity contribution >= 4 is 16.8 Å². The van der Waals surface area contributed by atoms with Crippen molar-refractivity contribution in [3.8, 4) is 0 Å². The van der Waals surface area contributed by atoms with Gasteiger partial charge in [0.15, 0.2) is 6.20 Å². The Labute approximate surface area is 75.1 Å². The van der Waals surface area contributed by atoms with Crippen LogP contribution in [0.1, 0.15) is 5.69 Å². The lowest BCUT2D eigenvalue weighted by molar-refractivity contribution is -0.379. The average Bonchev–Trinajstić information content (AvgIpc) is 2.05. The number of rotatable bonds is 1. The van der Waals surface area contributed by atoms with Gasteiger partial charge in [0.25, 0.3) is 0 Å². The van der Waals surface area contributed by atoms with Crippen molar-refractivity contribution in [2.24, 2.45) is 5.16 Å². The van der Waals surface area contributed by atoms with Crippen molar-refractivity contribution in [1.29, 1.82) is 0 Å². The van der Waals surface area contributed by atoms with E-state index in [-0.39, 0.29) is 17.6 Å². The minimum absolute atomic E-state index is 0. The molecule has 2 N–H and O–H groups in total. The molecule has 0 fully saturated rings. The van der Waals surface area contributed by atoms with Gasteiger partial charge in [0.1, 0.15) is 0 Å². The van der Waals surface area contributed by atoms with Gasteiger partial charge in [-0.1, -0.05) is 16.8 Å². The van der Waals surface area contributed by atoms with Crippen LogP contribution < -0.4 is 17.4 Å². The number of oxime groups is 1. The molecule has 0 amide bonds. The molecule has 1 aromatic heterocycles. The van der Waals surface area contributed by atoms with Crippen LogP contribution in [0, 0.1) is 0 Å². The monoisotopic (exact) mass is 192 g/mol. The molecule has 3 nitrogen and oxygen atoms in total. The molecule has 1 rings (SSSR count). The molecule has 0 saturated carbocycles. The van der Waals surface area contributed by atoms with E-state index in [1.54, 1.807) is 18.3 Å². The van der Waals surface area contributed by atoms with Crippen LogP contribution in [0.4, 0.5) is 0 Å². The molecule has 0 radical (unpaired) electrons. The first-order valence-corrected chi connectivity index (χ1v) is 3.07. The molecule has 11 heavy (non-hydrogen) atoms. The maximum absolute atomic E-state index is 8.22. The number of aromatic amines is 1. The summed E-state index contributed by atoms with van der Waals surface area (Å²) in [5.41, 5.74) is 0.590. The molecule has 0 aliphatic carbocycles. The zero-order valence-electron chi connectivity index (χ0n) is 5.46. The van der Waals surface area contributed by atoms with Crippen LogP contribution in [-0.4, -0.2) is 10.4 Å². The van der Waals surface area contributed by atoms with Crippen molar-refractivity contribution in [3.05, 3.63) is 30.1 Å². The molecule has 0 bridgehead atoms. The van der Waals surface area contributed by atoms with Gasteiger partial charge in [-0.2, -0.15) is 0 Å². The molecule has 0 aliphatic rings. The van der Waals surface area contributed by atoms with Crippen molar-refractivity contribution in [2.45, 2.75) is 0 Å². The predicted octanol–water partition coefficient (Wildman–Crippen LogP) is -2.12. The maximum Gasteiger partial charge on any atom is 0.244 e. The fourth-order valence-corrected chi connectivity index (χ4v) is 0.693. The normalized spacial score (nSPS) is 10.5. The molecule has 1 aromatic rings. The molecule has 0 spiro atoms. The van der Waals surface area contributed by atoms with Crippen molar-refractivity contribution in [1.82, 2.24) is 0 Å². The summed E-state index contributed by atoms with van der Waals surface area (Å²) in [5, 5.41) is 11.1. The highest BCUT2D eigenvalue weighted by atomic mass is 35.5. The summed E-state index contributed by atoms with van der Waals surface area (Å²) >= 11 is 5.46. The van der Waals surface area contributed by atoms with E-state index in [0.29, 0.717) is 5.69 Å². The first-order valence-electron chi connectivity index (χ1n) is 2.69. The average molecular weight is 193 g/mol.